The number of benzene rings is 1. The van der Waals surface area contributed by atoms with Crippen LogP contribution in [-0.2, 0) is 4.74 Å². The molecule has 17 heavy (non-hydrogen) atoms. The van der Waals surface area contributed by atoms with Gasteiger partial charge in [-0.15, -0.1) is 0 Å². The Kier molecular flexibility index (Phi) is 4.12. The Labute approximate surface area is 107 Å². The highest BCUT2D eigenvalue weighted by molar-refractivity contribution is 9.10. The Morgan fingerprint density at radius 3 is 2.59 bits per heavy atom. The van der Waals surface area contributed by atoms with Gasteiger partial charge in [-0.25, -0.2) is 8.78 Å². The zero-order valence-corrected chi connectivity index (χ0v) is 10.7. The summed E-state index contributed by atoms with van der Waals surface area (Å²) in [5, 5.41) is 10.1. The van der Waals surface area contributed by atoms with Crippen molar-refractivity contribution in [1.29, 1.82) is 0 Å². The van der Waals surface area contributed by atoms with Crippen LogP contribution in [0.3, 0.4) is 0 Å². The Bertz CT molecular complexity index is 406. The van der Waals surface area contributed by atoms with Crippen molar-refractivity contribution >= 4 is 15.9 Å². The molecule has 1 aliphatic rings. The van der Waals surface area contributed by atoms with Gasteiger partial charge in [-0.2, -0.15) is 0 Å². The fourth-order valence-electron chi connectivity index (χ4n) is 2.08. The third kappa shape index (κ3) is 2.67. The summed E-state index contributed by atoms with van der Waals surface area (Å²) < 4.78 is 32.7. The Morgan fingerprint density at radius 2 is 1.94 bits per heavy atom. The fourth-order valence-corrected chi connectivity index (χ4v) is 2.43. The van der Waals surface area contributed by atoms with Gasteiger partial charge in [0.25, 0.3) is 0 Å². The van der Waals surface area contributed by atoms with Crippen LogP contribution in [0.25, 0.3) is 0 Å². The van der Waals surface area contributed by atoms with Gasteiger partial charge in [0.2, 0.25) is 0 Å². The summed E-state index contributed by atoms with van der Waals surface area (Å²) in [4.78, 5) is 0. The van der Waals surface area contributed by atoms with Gasteiger partial charge < -0.3 is 9.84 Å². The van der Waals surface area contributed by atoms with Gasteiger partial charge in [0.15, 0.2) is 0 Å². The van der Waals surface area contributed by atoms with Crippen LogP contribution in [0.2, 0.25) is 0 Å². The summed E-state index contributed by atoms with van der Waals surface area (Å²) in [6, 6.07) is 2.45. The molecule has 0 aromatic heterocycles. The summed E-state index contributed by atoms with van der Waals surface area (Å²) in [7, 11) is 0. The molecule has 1 unspecified atom stereocenters. The summed E-state index contributed by atoms with van der Waals surface area (Å²) in [6.07, 6.45) is 0.121. The minimum Gasteiger partial charge on any atom is -0.388 e. The molecule has 0 bridgehead atoms. The van der Waals surface area contributed by atoms with Gasteiger partial charge in [-0.05, 0) is 46.8 Å². The summed E-state index contributed by atoms with van der Waals surface area (Å²) >= 11 is 3.00. The van der Waals surface area contributed by atoms with Crippen LogP contribution in [0.4, 0.5) is 8.78 Å². The van der Waals surface area contributed by atoms with Gasteiger partial charge in [0.05, 0.1) is 16.1 Å². The van der Waals surface area contributed by atoms with Crippen LogP contribution in [-0.4, -0.2) is 18.3 Å². The van der Waals surface area contributed by atoms with E-state index in [4.69, 9.17) is 4.74 Å². The SMILES string of the molecule is OC(c1c(F)ccc(Br)c1F)C1CCOCC1. The molecule has 2 nitrogen and oxygen atoms in total. The highest BCUT2D eigenvalue weighted by atomic mass is 79.9. The Balaban J connectivity index is 2.29. The van der Waals surface area contributed by atoms with Crippen molar-refractivity contribution in [3.63, 3.8) is 0 Å². The van der Waals surface area contributed by atoms with E-state index in [1.807, 2.05) is 0 Å². The van der Waals surface area contributed by atoms with E-state index in [1.165, 1.54) is 6.07 Å². The van der Waals surface area contributed by atoms with Crippen LogP contribution in [0.15, 0.2) is 16.6 Å². The van der Waals surface area contributed by atoms with E-state index in [0.29, 0.717) is 26.1 Å². The minimum atomic E-state index is -1.11. The first-order valence-electron chi connectivity index (χ1n) is 5.50. The normalized spacial score (nSPS) is 19.3. The molecular weight excluding hydrogens is 294 g/mol. The molecule has 1 aliphatic heterocycles. The number of aliphatic hydroxyl groups excluding tert-OH is 1. The molecule has 0 spiro atoms. The lowest BCUT2D eigenvalue weighted by Crippen LogP contribution is -2.23. The Morgan fingerprint density at radius 1 is 1.29 bits per heavy atom. The molecule has 0 amide bonds. The third-order valence-corrected chi connectivity index (χ3v) is 3.70. The summed E-state index contributed by atoms with van der Waals surface area (Å²) in [5.74, 6) is -1.57. The lowest BCUT2D eigenvalue weighted by Gasteiger charge is -2.27. The van der Waals surface area contributed by atoms with Crippen LogP contribution in [0.1, 0.15) is 24.5 Å². The molecule has 1 aromatic carbocycles. The second kappa shape index (κ2) is 5.42. The van der Waals surface area contributed by atoms with E-state index in [9.17, 15) is 13.9 Å². The molecule has 5 heteroatoms. The molecule has 1 fully saturated rings. The minimum absolute atomic E-state index is 0.151. The lowest BCUT2D eigenvalue weighted by atomic mass is 9.89. The topological polar surface area (TPSA) is 29.5 Å². The fraction of sp³-hybridized carbons (Fsp3) is 0.500. The molecule has 1 heterocycles. The third-order valence-electron chi connectivity index (χ3n) is 3.09. The maximum atomic E-state index is 13.8. The molecule has 1 aromatic rings. The van der Waals surface area contributed by atoms with E-state index in [2.05, 4.69) is 15.9 Å². The second-order valence-corrected chi connectivity index (χ2v) is 5.01. The molecule has 94 valence electrons. The molecule has 0 aliphatic carbocycles. The van der Waals surface area contributed by atoms with E-state index in [1.54, 1.807) is 0 Å². The summed E-state index contributed by atoms with van der Waals surface area (Å²) in [6.45, 7) is 1.05. The average Bonchev–Trinajstić information content (AvgIpc) is 2.35. The maximum Gasteiger partial charge on any atom is 0.146 e. The van der Waals surface area contributed by atoms with Crippen molar-refractivity contribution in [2.24, 2.45) is 5.92 Å². The van der Waals surface area contributed by atoms with E-state index in [-0.39, 0.29) is 16.0 Å². The van der Waals surface area contributed by atoms with E-state index < -0.39 is 17.7 Å². The molecular formula is C12H13BrF2O2. The van der Waals surface area contributed by atoms with Crippen molar-refractivity contribution in [3.05, 3.63) is 33.8 Å². The number of hydrogen-bond donors (Lipinski definition) is 1. The van der Waals surface area contributed by atoms with Crippen LogP contribution in [0.5, 0.6) is 0 Å². The second-order valence-electron chi connectivity index (χ2n) is 4.15. The van der Waals surface area contributed by atoms with Gasteiger partial charge >= 0.3 is 0 Å². The smallest absolute Gasteiger partial charge is 0.146 e. The molecule has 1 atom stereocenters. The highest BCUT2D eigenvalue weighted by Crippen LogP contribution is 2.34. The van der Waals surface area contributed by atoms with Crippen LogP contribution in [0, 0.1) is 17.6 Å². The number of rotatable bonds is 2. The molecule has 1 saturated heterocycles. The quantitative estimate of drug-likeness (QED) is 0.850. The first-order chi connectivity index (χ1) is 8.11. The van der Waals surface area contributed by atoms with Crippen molar-refractivity contribution in [2.45, 2.75) is 18.9 Å². The average molecular weight is 307 g/mol. The van der Waals surface area contributed by atoms with E-state index in [0.717, 1.165) is 6.07 Å². The zero-order chi connectivity index (χ0) is 12.4. The zero-order valence-electron chi connectivity index (χ0n) is 9.13. The predicted octanol–water partition coefficient (Wildman–Crippen LogP) is 3.19. The predicted molar refractivity (Wildman–Crippen MR) is 62.6 cm³/mol. The van der Waals surface area contributed by atoms with E-state index >= 15 is 0 Å². The van der Waals surface area contributed by atoms with Gasteiger partial charge in [-0.1, -0.05) is 0 Å². The number of aliphatic hydroxyl groups is 1. The Hall–Kier alpha value is -0.520. The van der Waals surface area contributed by atoms with Gasteiger partial charge in [0.1, 0.15) is 11.6 Å². The van der Waals surface area contributed by atoms with Crippen molar-refractivity contribution in [1.82, 2.24) is 0 Å². The monoisotopic (exact) mass is 306 g/mol. The van der Waals surface area contributed by atoms with Gasteiger partial charge in [0, 0.05) is 13.2 Å². The molecule has 2 rings (SSSR count). The molecule has 0 radical (unpaired) electrons. The first kappa shape index (κ1) is 12.9. The standard InChI is InChI=1S/C12H13BrF2O2/c13-8-1-2-9(14)10(11(8)15)12(16)7-3-5-17-6-4-7/h1-2,7,12,16H,3-6H2. The van der Waals surface area contributed by atoms with Crippen molar-refractivity contribution in [2.75, 3.05) is 13.2 Å². The van der Waals surface area contributed by atoms with Crippen LogP contribution < -0.4 is 0 Å². The van der Waals surface area contributed by atoms with Crippen molar-refractivity contribution < 1.29 is 18.6 Å². The molecule has 0 saturated carbocycles. The van der Waals surface area contributed by atoms with Crippen molar-refractivity contribution in [3.8, 4) is 0 Å². The highest BCUT2D eigenvalue weighted by Gasteiger charge is 2.28. The van der Waals surface area contributed by atoms with Gasteiger partial charge in [-0.3, -0.25) is 0 Å². The maximum absolute atomic E-state index is 13.8. The summed E-state index contributed by atoms with van der Waals surface area (Å²) in [5.41, 5.74) is -0.244. The first-order valence-corrected chi connectivity index (χ1v) is 6.29. The molecule has 1 N–H and O–H groups in total. The number of halogens is 3. The lowest BCUT2D eigenvalue weighted by molar-refractivity contribution is 0.00445. The van der Waals surface area contributed by atoms with Crippen LogP contribution >= 0.6 is 15.9 Å². The largest absolute Gasteiger partial charge is 0.388 e. The number of ether oxygens (including phenoxy) is 1. The number of hydrogen-bond acceptors (Lipinski definition) is 2.